The van der Waals surface area contributed by atoms with Gasteiger partial charge < -0.3 is 9.64 Å². The molecule has 0 aromatic carbocycles. The van der Waals surface area contributed by atoms with Crippen molar-refractivity contribution in [2.24, 2.45) is 5.92 Å². The Kier molecular flexibility index (Phi) is 3.81. The summed E-state index contributed by atoms with van der Waals surface area (Å²) in [7, 11) is 1.66. The molecule has 0 N–H and O–H groups in total. The van der Waals surface area contributed by atoms with E-state index in [0.717, 1.165) is 35.1 Å². The van der Waals surface area contributed by atoms with Crippen molar-refractivity contribution in [2.75, 3.05) is 25.1 Å². The standard InChI is InChI=1S/C11H14BrN5OS/c1-18-7-10-14-11(19-15-10)16-3-8(4-16)5-17-6-9(12)2-13-17/h2,6,8H,3-5,7H2,1H3. The maximum atomic E-state index is 5.02. The molecule has 0 atom stereocenters. The first-order valence-corrected chi connectivity index (χ1v) is 7.55. The molecule has 1 fully saturated rings. The van der Waals surface area contributed by atoms with E-state index in [2.05, 4.69) is 35.3 Å². The number of methoxy groups -OCH3 is 1. The van der Waals surface area contributed by atoms with E-state index < -0.39 is 0 Å². The highest BCUT2D eigenvalue weighted by Gasteiger charge is 2.29. The van der Waals surface area contributed by atoms with E-state index in [9.17, 15) is 0 Å². The summed E-state index contributed by atoms with van der Waals surface area (Å²) in [5, 5.41) is 5.26. The zero-order valence-electron chi connectivity index (χ0n) is 10.5. The predicted octanol–water partition coefficient (Wildman–Crippen LogP) is 1.78. The molecule has 2 aromatic heterocycles. The van der Waals surface area contributed by atoms with Gasteiger partial charge in [-0.25, -0.2) is 4.98 Å². The van der Waals surface area contributed by atoms with Gasteiger partial charge in [0.05, 0.1) is 10.7 Å². The van der Waals surface area contributed by atoms with Crippen LogP contribution in [0.5, 0.6) is 0 Å². The summed E-state index contributed by atoms with van der Waals surface area (Å²) in [4.78, 5) is 6.70. The Hall–Kier alpha value is -0.990. The molecule has 1 aliphatic rings. The maximum Gasteiger partial charge on any atom is 0.205 e. The topological polar surface area (TPSA) is 56.1 Å². The Balaban J connectivity index is 1.51. The van der Waals surface area contributed by atoms with Gasteiger partial charge in [0.2, 0.25) is 5.13 Å². The first-order chi connectivity index (χ1) is 9.24. The molecule has 0 spiro atoms. The second-order valence-corrected chi connectivity index (χ2v) is 6.22. The number of halogens is 1. The lowest BCUT2D eigenvalue weighted by molar-refractivity contribution is 0.179. The molecule has 1 aliphatic heterocycles. The molecule has 0 saturated carbocycles. The second-order valence-electron chi connectivity index (χ2n) is 4.58. The van der Waals surface area contributed by atoms with E-state index in [1.807, 2.05) is 17.1 Å². The quantitative estimate of drug-likeness (QED) is 0.828. The molecule has 0 amide bonds. The van der Waals surface area contributed by atoms with Crippen LogP contribution >= 0.6 is 27.5 Å². The zero-order valence-corrected chi connectivity index (χ0v) is 12.9. The SMILES string of the molecule is COCc1nsc(N2CC(Cn3cc(Br)cn3)C2)n1. The van der Waals surface area contributed by atoms with E-state index in [0.29, 0.717) is 12.5 Å². The lowest BCUT2D eigenvalue weighted by atomic mass is 10.0. The van der Waals surface area contributed by atoms with Crippen molar-refractivity contribution in [2.45, 2.75) is 13.2 Å². The number of nitrogens with zero attached hydrogens (tertiary/aromatic N) is 5. The average Bonchev–Trinajstić information content (AvgIpc) is 2.93. The molecule has 6 nitrogen and oxygen atoms in total. The molecule has 2 aromatic rings. The summed E-state index contributed by atoms with van der Waals surface area (Å²) >= 11 is 4.85. The first kappa shape index (κ1) is 13.0. The van der Waals surface area contributed by atoms with Gasteiger partial charge in [0.1, 0.15) is 6.61 Å². The Morgan fingerprint density at radius 1 is 1.53 bits per heavy atom. The van der Waals surface area contributed by atoms with Crippen LogP contribution in [0.1, 0.15) is 5.82 Å². The van der Waals surface area contributed by atoms with E-state index >= 15 is 0 Å². The second kappa shape index (κ2) is 5.56. The number of hydrogen-bond donors (Lipinski definition) is 0. The van der Waals surface area contributed by atoms with Crippen LogP contribution in [0.25, 0.3) is 0 Å². The number of ether oxygens (including phenoxy) is 1. The minimum absolute atomic E-state index is 0.481. The lowest BCUT2D eigenvalue weighted by Crippen LogP contribution is -2.48. The van der Waals surface area contributed by atoms with Gasteiger partial charge in [-0.2, -0.15) is 9.47 Å². The molecule has 0 unspecified atom stereocenters. The average molecular weight is 344 g/mol. The minimum Gasteiger partial charge on any atom is -0.377 e. The minimum atomic E-state index is 0.481. The van der Waals surface area contributed by atoms with Crippen molar-refractivity contribution < 1.29 is 4.74 Å². The van der Waals surface area contributed by atoms with Gasteiger partial charge in [0, 0.05) is 50.4 Å². The van der Waals surface area contributed by atoms with Crippen LogP contribution in [0.4, 0.5) is 5.13 Å². The smallest absolute Gasteiger partial charge is 0.205 e. The van der Waals surface area contributed by atoms with E-state index in [1.54, 1.807) is 7.11 Å². The van der Waals surface area contributed by atoms with E-state index in [-0.39, 0.29) is 0 Å². The molecule has 8 heteroatoms. The summed E-state index contributed by atoms with van der Waals surface area (Å²) in [5.41, 5.74) is 0. The van der Waals surface area contributed by atoms with Crippen molar-refractivity contribution in [1.82, 2.24) is 19.1 Å². The van der Waals surface area contributed by atoms with Gasteiger partial charge in [-0.3, -0.25) is 4.68 Å². The Labute approximate surface area is 123 Å². The Morgan fingerprint density at radius 2 is 2.37 bits per heavy atom. The highest BCUT2D eigenvalue weighted by molar-refractivity contribution is 9.10. The molecule has 1 saturated heterocycles. The van der Waals surface area contributed by atoms with Gasteiger partial charge in [-0.05, 0) is 15.9 Å². The fraction of sp³-hybridized carbons (Fsp3) is 0.545. The highest BCUT2D eigenvalue weighted by Crippen LogP contribution is 2.27. The summed E-state index contributed by atoms with van der Waals surface area (Å²) in [6, 6.07) is 0. The normalized spacial score (nSPS) is 15.8. The molecule has 3 rings (SSSR count). The monoisotopic (exact) mass is 343 g/mol. The fourth-order valence-electron chi connectivity index (χ4n) is 2.11. The van der Waals surface area contributed by atoms with Crippen molar-refractivity contribution in [3.05, 3.63) is 22.7 Å². The third kappa shape index (κ3) is 2.96. The predicted molar refractivity (Wildman–Crippen MR) is 76.3 cm³/mol. The molecule has 0 aliphatic carbocycles. The van der Waals surface area contributed by atoms with Gasteiger partial charge in [-0.1, -0.05) is 0 Å². The number of aromatic nitrogens is 4. The highest BCUT2D eigenvalue weighted by atomic mass is 79.9. The molecular weight excluding hydrogens is 330 g/mol. The van der Waals surface area contributed by atoms with Crippen molar-refractivity contribution in [3.63, 3.8) is 0 Å². The Morgan fingerprint density at radius 3 is 3.05 bits per heavy atom. The molecule has 102 valence electrons. The van der Waals surface area contributed by atoms with E-state index in [4.69, 9.17) is 4.74 Å². The zero-order chi connectivity index (χ0) is 13.2. The van der Waals surface area contributed by atoms with Crippen LogP contribution < -0.4 is 4.90 Å². The van der Waals surface area contributed by atoms with E-state index in [1.165, 1.54) is 11.5 Å². The lowest BCUT2D eigenvalue weighted by Gasteiger charge is -2.38. The third-order valence-corrected chi connectivity index (χ3v) is 4.23. The maximum absolute atomic E-state index is 5.02. The Bertz CT molecular complexity index is 551. The summed E-state index contributed by atoms with van der Waals surface area (Å²) in [5.74, 6) is 1.39. The summed E-state index contributed by atoms with van der Waals surface area (Å²) < 4.78 is 12.3. The van der Waals surface area contributed by atoms with Crippen LogP contribution in [-0.4, -0.2) is 39.3 Å². The third-order valence-electron chi connectivity index (χ3n) is 3.01. The van der Waals surface area contributed by atoms with Gasteiger partial charge in [0.25, 0.3) is 0 Å². The number of rotatable bonds is 5. The van der Waals surface area contributed by atoms with Crippen molar-refractivity contribution in [1.29, 1.82) is 0 Å². The number of hydrogen-bond acceptors (Lipinski definition) is 6. The molecule has 0 bridgehead atoms. The largest absolute Gasteiger partial charge is 0.377 e. The van der Waals surface area contributed by atoms with Gasteiger partial charge in [-0.15, -0.1) is 0 Å². The van der Waals surface area contributed by atoms with Crippen LogP contribution in [-0.2, 0) is 17.9 Å². The molecular formula is C11H14BrN5OS. The van der Waals surface area contributed by atoms with Crippen LogP contribution in [0.2, 0.25) is 0 Å². The fourth-order valence-corrected chi connectivity index (χ4v) is 3.12. The summed E-state index contributed by atoms with van der Waals surface area (Å²) in [6.45, 7) is 3.46. The van der Waals surface area contributed by atoms with Crippen molar-refractivity contribution in [3.8, 4) is 0 Å². The van der Waals surface area contributed by atoms with Crippen LogP contribution in [0, 0.1) is 5.92 Å². The van der Waals surface area contributed by atoms with Crippen LogP contribution in [0.3, 0.4) is 0 Å². The first-order valence-electron chi connectivity index (χ1n) is 5.99. The van der Waals surface area contributed by atoms with Gasteiger partial charge in [0.15, 0.2) is 5.82 Å². The molecule has 19 heavy (non-hydrogen) atoms. The van der Waals surface area contributed by atoms with Crippen molar-refractivity contribution >= 4 is 32.6 Å². The molecule has 3 heterocycles. The summed E-state index contributed by atoms with van der Waals surface area (Å²) in [6.07, 6.45) is 3.82. The van der Waals surface area contributed by atoms with Gasteiger partial charge >= 0.3 is 0 Å². The number of anilines is 1. The molecule has 0 radical (unpaired) electrons. The van der Waals surface area contributed by atoms with Crippen LogP contribution in [0.15, 0.2) is 16.9 Å².